The van der Waals surface area contributed by atoms with Gasteiger partial charge in [0.05, 0.1) is 13.2 Å². The van der Waals surface area contributed by atoms with Gasteiger partial charge in [-0.15, -0.1) is 0 Å². The minimum atomic E-state index is -4.65. The zero-order chi connectivity index (χ0) is 28.8. The maximum atomic E-state index is 13.5. The summed E-state index contributed by atoms with van der Waals surface area (Å²) in [6, 6.07) is 6.11. The molecule has 40 heavy (non-hydrogen) atoms. The lowest BCUT2D eigenvalue weighted by molar-refractivity contribution is -0.140. The number of aryl methyl sites for hydroxylation is 1. The van der Waals surface area contributed by atoms with E-state index in [1.165, 1.54) is 19.2 Å². The highest BCUT2D eigenvalue weighted by molar-refractivity contribution is 5.98. The van der Waals surface area contributed by atoms with E-state index in [1.54, 1.807) is 35.8 Å². The van der Waals surface area contributed by atoms with Crippen molar-refractivity contribution in [1.82, 2.24) is 30.0 Å². The van der Waals surface area contributed by atoms with Gasteiger partial charge in [-0.1, -0.05) is 0 Å². The average molecular weight is 558 g/mol. The zero-order valence-corrected chi connectivity index (χ0v) is 21.9. The van der Waals surface area contributed by atoms with E-state index >= 15 is 0 Å². The third-order valence-corrected chi connectivity index (χ3v) is 6.61. The second kappa shape index (κ2) is 10.3. The molecule has 1 fully saturated rings. The number of methoxy groups -OCH3 is 1. The van der Waals surface area contributed by atoms with E-state index in [0.29, 0.717) is 29.7 Å². The molecule has 0 saturated carbocycles. The Bertz CT molecular complexity index is 1590. The zero-order valence-electron chi connectivity index (χ0n) is 21.9. The highest BCUT2D eigenvalue weighted by atomic mass is 19.4. The van der Waals surface area contributed by atoms with Crippen LogP contribution in [0.25, 0.3) is 22.4 Å². The summed E-state index contributed by atoms with van der Waals surface area (Å²) in [4.78, 5) is 37.6. The predicted molar refractivity (Wildman–Crippen MR) is 137 cm³/mol. The van der Waals surface area contributed by atoms with Crippen molar-refractivity contribution in [2.75, 3.05) is 33.3 Å². The minimum absolute atomic E-state index is 0.00320. The smallest absolute Gasteiger partial charge is 0.433 e. The summed E-state index contributed by atoms with van der Waals surface area (Å²) in [6.07, 6.45) is -4.65. The Morgan fingerprint density at radius 2 is 1.75 bits per heavy atom. The fourth-order valence-electron chi connectivity index (χ4n) is 4.56. The first-order chi connectivity index (χ1) is 19.0. The van der Waals surface area contributed by atoms with E-state index in [9.17, 15) is 22.8 Å². The number of carbonyl (C=O) groups excluding carboxylic acids is 2. The van der Waals surface area contributed by atoms with Crippen LogP contribution >= 0.6 is 0 Å². The van der Waals surface area contributed by atoms with Gasteiger partial charge in [-0.05, 0) is 44.2 Å². The number of H-pyrrole nitrogens is 1. The van der Waals surface area contributed by atoms with Gasteiger partial charge in [0, 0.05) is 42.8 Å². The van der Waals surface area contributed by atoms with E-state index in [-0.39, 0.29) is 47.6 Å². The number of fused-ring (bicyclic) bond motifs is 1. The third-order valence-electron chi connectivity index (χ3n) is 6.61. The van der Waals surface area contributed by atoms with Crippen molar-refractivity contribution >= 4 is 22.7 Å². The number of amides is 2. The number of aromatic amines is 1. The molecule has 0 radical (unpaired) electrons. The van der Waals surface area contributed by atoms with Gasteiger partial charge in [0.15, 0.2) is 11.5 Å². The van der Waals surface area contributed by atoms with E-state index < -0.39 is 23.8 Å². The average Bonchev–Trinajstić information content (AvgIpc) is 3.58. The van der Waals surface area contributed by atoms with Crippen molar-refractivity contribution in [2.24, 2.45) is 5.73 Å². The van der Waals surface area contributed by atoms with Gasteiger partial charge in [0.25, 0.3) is 11.8 Å². The van der Waals surface area contributed by atoms with Gasteiger partial charge in [-0.25, -0.2) is 9.97 Å². The van der Waals surface area contributed by atoms with Crippen LogP contribution in [0.1, 0.15) is 51.1 Å². The number of benzene rings is 1. The molecule has 1 aliphatic rings. The Morgan fingerprint density at radius 1 is 1.07 bits per heavy atom. The molecular formula is C26H26F3N7O4. The molecule has 14 heteroatoms. The lowest BCUT2D eigenvalue weighted by Gasteiger charge is -2.34. The number of hydrogen-bond acceptors (Lipinski definition) is 8. The first-order valence-corrected chi connectivity index (χ1v) is 12.4. The van der Waals surface area contributed by atoms with Gasteiger partial charge in [-0.2, -0.15) is 18.3 Å². The van der Waals surface area contributed by atoms with Gasteiger partial charge in [0.1, 0.15) is 22.7 Å². The lowest BCUT2D eigenvalue weighted by Crippen LogP contribution is -2.51. The summed E-state index contributed by atoms with van der Waals surface area (Å²) in [5, 5.41) is 7.04. The summed E-state index contributed by atoms with van der Waals surface area (Å²) in [7, 11) is 1.33. The number of oxazole rings is 1. The fourth-order valence-corrected chi connectivity index (χ4v) is 4.56. The van der Waals surface area contributed by atoms with Gasteiger partial charge < -0.3 is 24.7 Å². The maximum absolute atomic E-state index is 13.5. The topological polar surface area (TPSA) is 143 Å². The molecule has 210 valence electrons. The Balaban J connectivity index is 1.44. The van der Waals surface area contributed by atoms with Crippen molar-refractivity contribution in [3.8, 4) is 17.2 Å². The Kier molecular flexibility index (Phi) is 6.96. The number of nitrogens with one attached hydrogen (secondary N) is 1. The Morgan fingerprint density at radius 3 is 2.33 bits per heavy atom. The van der Waals surface area contributed by atoms with Crippen molar-refractivity contribution < 1.29 is 31.9 Å². The van der Waals surface area contributed by atoms with Crippen LogP contribution < -0.4 is 10.5 Å². The molecule has 0 spiro atoms. The first kappa shape index (κ1) is 27.1. The minimum Gasteiger partial charge on any atom is -0.494 e. The molecule has 4 heterocycles. The van der Waals surface area contributed by atoms with Gasteiger partial charge in [-0.3, -0.25) is 14.7 Å². The molecule has 3 aromatic heterocycles. The van der Waals surface area contributed by atoms with Crippen LogP contribution in [0.4, 0.5) is 13.2 Å². The molecule has 0 bridgehead atoms. The fraction of sp³-hybridized carbons (Fsp3) is 0.346. The molecule has 5 rings (SSSR count). The molecule has 0 unspecified atom stereocenters. The number of halogens is 3. The molecule has 11 nitrogen and oxygen atoms in total. The lowest BCUT2D eigenvalue weighted by atomic mass is 10.1. The standard InChI is InChI=1S/C26H26F3N7O4/c1-13-12-17(34-33-13)24(37)35-8-10-36(11-9-35)25(38)21-22(14(2)30)40-23(32-21)16-4-6-18(39-3)20-15(16)5-7-19(31-20)26(27,28)29/h4-7,12,14H,8-11,30H2,1-3H3,(H,33,34)/t14-/m0/s1. The highest BCUT2D eigenvalue weighted by Crippen LogP contribution is 2.37. The monoisotopic (exact) mass is 557 g/mol. The van der Waals surface area contributed by atoms with Crippen LogP contribution in [-0.4, -0.2) is 75.1 Å². The van der Waals surface area contributed by atoms with E-state index in [0.717, 1.165) is 11.8 Å². The summed E-state index contributed by atoms with van der Waals surface area (Å²) in [6.45, 7) is 4.53. The second-order valence-corrected chi connectivity index (χ2v) is 9.45. The summed E-state index contributed by atoms with van der Waals surface area (Å²) < 4.78 is 51.1. The van der Waals surface area contributed by atoms with Crippen molar-refractivity contribution in [3.05, 3.63) is 58.9 Å². The number of rotatable bonds is 5. The molecule has 3 N–H and O–H groups in total. The van der Waals surface area contributed by atoms with Crippen molar-refractivity contribution in [1.29, 1.82) is 0 Å². The van der Waals surface area contributed by atoms with E-state index in [2.05, 4.69) is 20.2 Å². The Labute approximate surface area is 226 Å². The number of carbonyl (C=O) groups is 2. The summed E-state index contributed by atoms with van der Waals surface area (Å²) >= 11 is 0. The summed E-state index contributed by atoms with van der Waals surface area (Å²) in [5.41, 5.74) is 6.39. The molecule has 2 amide bonds. The number of ether oxygens (including phenoxy) is 1. The van der Waals surface area contributed by atoms with Crippen LogP contribution in [0.5, 0.6) is 5.75 Å². The number of piperazine rings is 1. The van der Waals surface area contributed by atoms with Crippen molar-refractivity contribution in [2.45, 2.75) is 26.1 Å². The molecule has 1 aliphatic heterocycles. The maximum Gasteiger partial charge on any atom is 0.433 e. The molecule has 1 atom stereocenters. The SMILES string of the molecule is COc1ccc(-c2nc(C(=O)N3CCN(C(=O)c4cc(C)[nH]n4)CC3)c([C@H](C)N)o2)c2ccc(C(F)(F)F)nc12. The number of alkyl halides is 3. The van der Waals surface area contributed by atoms with Crippen LogP contribution in [0.2, 0.25) is 0 Å². The summed E-state index contributed by atoms with van der Waals surface area (Å²) in [5.74, 6) is -0.384. The number of nitrogens with zero attached hydrogens (tertiary/aromatic N) is 5. The van der Waals surface area contributed by atoms with Crippen molar-refractivity contribution in [3.63, 3.8) is 0 Å². The largest absolute Gasteiger partial charge is 0.494 e. The van der Waals surface area contributed by atoms with Crippen LogP contribution in [-0.2, 0) is 6.18 Å². The molecule has 4 aromatic rings. The van der Waals surface area contributed by atoms with Gasteiger partial charge in [0.2, 0.25) is 5.89 Å². The van der Waals surface area contributed by atoms with Crippen LogP contribution in [0.3, 0.4) is 0 Å². The van der Waals surface area contributed by atoms with Crippen LogP contribution in [0, 0.1) is 6.92 Å². The number of pyridine rings is 1. The van der Waals surface area contributed by atoms with Gasteiger partial charge >= 0.3 is 6.18 Å². The van der Waals surface area contributed by atoms with E-state index in [1.807, 2.05) is 0 Å². The number of hydrogen-bond donors (Lipinski definition) is 2. The second-order valence-electron chi connectivity index (χ2n) is 9.45. The molecule has 1 saturated heterocycles. The molecule has 0 aliphatic carbocycles. The highest BCUT2D eigenvalue weighted by Gasteiger charge is 2.34. The number of aromatic nitrogens is 4. The number of nitrogens with two attached hydrogens (primary N) is 1. The van der Waals surface area contributed by atoms with E-state index in [4.69, 9.17) is 14.9 Å². The molecular weight excluding hydrogens is 531 g/mol. The first-order valence-electron chi connectivity index (χ1n) is 12.4. The third kappa shape index (κ3) is 4.97. The van der Waals surface area contributed by atoms with Crippen LogP contribution in [0.15, 0.2) is 34.7 Å². The quantitative estimate of drug-likeness (QED) is 0.379. The normalized spacial score (nSPS) is 15.0. The Hall–Kier alpha value is -4.46. The predicted octanol–water partition coefficient (Wildman–Crippen LogP) is 3.57. The molecule has 1 aromatic carbocycles.